The van der Waals surface area contributed by atoms with Crippen molar-refractivity contribution in [1.82, 2.24) is 14.6 Å². The summed E-state index contributed by atoms with van der Waals surface area (Å²) >= 11 is 13.7. The highest BCUT2D eigenvalue weighted by Crippen LogP contribution is 2.29. The number of hydrogen-bond donors (Lipinski definition) is 0. The van der Waals surface area contributed by atoms with Crippen LogP contribution in [-0.4, -0.2) is 14.6 Å². The number of nitrogens with zero attached hydrogens (tertiary/aromatic N) is 3. The van der Waals surface area contributed by atoms with Gasteiger partial charge in [-0.2, -0.15) is 0 Å². The van der Waals surface area contributed by atoms with Gasteiger partial charge in [0.15, 0.2) is 10.8 Å². The molecule has 3 nitrogen and oxygen atoms in total. The second-order valence-corrected chi connectivity index (χ2v) is 7.40. The Bertz CT molecular complexity index is 1040. The van der Waals surface area contributed by atoms with Crippen LogP contribution in [0.1, 0.15) is 11.1 Å². The van der Waals surface area contributed by atoms with E-state index in [-0.39, 0.29) is 0 Å². The van der Waals surface area contributed by atoms with Crippen molar-refractivity contribution < 1.29 is 0 Å². The fourth-order valence-electron chi connectivity index (χ4n) is 2.71. The fourth-order valence-corrected chi connectivity index (χ4v) is 3.92. The molecule has 4 aromatic rings. The summed E-state index contributed by atoms with van der Waals surface area (Å²) < 4.78 is 2.08. The third kappa shape index (κ3) is 2.86. The van der Waals surface area contributed by atoms with Crippen molar-refractivity contribution in [2.45, 2.75) is 17.8 Å². The molecular weight excluding hydrogens is 361 g/mol. The highest BCUT2D eigenvalue weighted by atomic mass is 35.5. The normalized spacial score (nSPS) is 11.5. The Morgan fingerprint density at radius 1 is 0.958 bits per heavy atom. The molecule has 0 saturated carbocycles. The molecule has 2 aromatic heterocycles. The lowest BCUT2D eigenvalue weighted by Crippen LogP contribution is -1.93. The molecule has 0 saturated heterocycles. The molecule has 0 aliphatic heterocycles. The highest BCUT2D eigenvalue weighted by Gasteiger charge is 2.12. The van der Waals surface area contributed by atoms with Gasteiger partial charge in [-0.25, -0.2) is 0 Å². The van der Waals surface area contributed by atoms with Crippen molar-refractivity contribution in [2.24, 2.45) is 0 Å². The lowest BCUT2D eigenvalue weighted by Gasteiger charge is -2.08. The van der Waals surface area contributed by atoms with Gasteiger partial charge in [0, 0.05) is 21.2 Å². The lowest BCUT2D eigenvalue weighted by atomic mass is 10.1. The first-order valence-electron chi connectivity index (χ1n) is 7.43. The average Bonchev–Trinajstić information content (AvgIpc) is 2.97. The molecule has 0 aliphatic carbocycles. The highest BCUT2D eigenvalue weighted by molar-refractivity contribution is 7.98. The lowest BCUT2D eigenvalue weighted by molar-refractivity contribution is 0.939. The quantitative estimate of drug-likeness (QED) is 0.425. The number of aromatic nitrogens is 3. The molecule has 0 spiro atoms. The monoisotopic (exact) mass is 373 g/mol. The minimum Gasteiger partial charge on any atom is -0.270 e. The van der Waals surface area contributed by atoms with Gasteiger partial charge in [0.1, 0.15) is 0 Å². The van der Waals surface area contributed by atoms with E-state index in [0.29, 0.717) is 0 Å². The summed E-state index contributed by atoms with van der Waals surface area (Å²) in [5, 5.41) is 12.1. The van der Waals surface area contributed by atoms with E-state index < -0.39 is 0 Å². The minimum atomic E-state index is 0.730. The van der Waals surface area contributed by atoms with Crippen LogP contribution >= 0.6 is 35.0 Å². The van der Waals surface area contributed by atoms with Crippen LogP contribution in [0.2, 0.25) is 10.0 Å². The van der Waals surface area contributed by atoms with Gasteiger partial charge in [0.2, 0.25) is 0 Å². The summed E-state index contributed by atoms with van der Waals surface area (Å²) in [4.78, 5) is 0. The number of pyridine rings is 1. The molecule has 0 aliphatic rings. The van der Waals surface area contributed by atoms with Crippen LogP contribution in [0.3, 0.4) is 0 Å². The number of hydrogen-bond acceptors (Lipinski definition) is 3. The molecule has 0 bridgehead atoms. The van der Waals surface area contributed by atoms with Gasteiger partial charge in [-0.15, -0.1) is 10.2 Å². The van der Waals surface area contributed by atoms with E-state index in [4.69, 9.17) is 23.2 Å². The first-order chi connectivity index (χ1) is 11.6. The zero-order valence-corrected chi connectivity index (χ0v) is 15.2. The van der Waals surface area contributed by atoms with Gasteiger partial charge >= 0.3 is 0 Å². The standard InChI is InChI=1S/C18H13Cl2N3S/c1-11-8-17-21-22-18(24-10-12-2-4-13(19)5-3-12)23(17)16-7-6-14(20)9-15(11)16/h2-9H,10H2,1H3. The maximum absolute atomic E-state index is 6.15. The number of fused-ring (bicyclic) bond motifs is 3. The van der Waals surface area contributed by atoms with Gasteiger partial charge in [0.05, 0.1) is 5.52 Å². The summed E-state index contributed by atoms with van der Waals surface area (Å²) in [6, 6.07) is 15.8. The zero-order valence-electron chi connectivity index (χ0n) is 12.8. The van der Waals surface area contributed by atoms with Crippen LogP contribution in [0.25, 0.3) is 16.6 Å². The van der Waals surface area contributed by atoms with E-state index in [0.717, 1.165) is 43.1 Å². The molecule has 0 unspecified atom stereocenters. The van der Waals surface area contributed by atoms with Gasteiger partial charge < -0.3 is 0 Å². The third-order valence-corrected chi connectivity index (χ3v) is 5.40. The van der Waals surface area contributed by atoms with Gasteiger partial charge in [-0.05, 0) is 54.4 Å². The number of rotatable bonds is 3. The SMILES string of the molecule is Cc1cc2nnc(SCc3ccc(Cl)cc3)n2c2ccc(Cl)cc12. The van der Waals surface area contributed by atoms with E-state index in [2.05, 4.69) is 21.5 Å². The van der Waals surface area contributed by atoms with E-state index in [1.807, 2.05) is 48.5 Å². The molecule has 0 N–H and O–H groups in total. The molecule has 6 heteroatoms. The molecular formula is C18H13Cl2N3S. The molecule has 24 heavy (non-hydrogen) atoms. The first-order valence-corrected chi connectivity index (χ1v) is 9.17. The summed E-state index contributed by atoms with van der Waals surface area (Å²) in [5.41, 5.74) is 4.25. The van der Waals surface area contributed by atoms with Crippen LogP contribution in [-0.2, 0) is 5.75 Å². The second-order valence-electron chi connectivity index (χ2n) is 5.58. The van der Waals surface area contributed by atoms with E-state index in [1.165, 1.54) is 5.56 Å². The molecule has 4 rings (SSSR count). The first kappa shape index (κ1) is 15.8. The Hall–Kier alpha value is -1.75. The predicted octanol–water partition coefficient (Wildman–Crippen LogP) is 5.79. The summed E-state index contributed by atoms with van der Waals surface area (Å²) in [7, 11) is 0. The molecule has 2 aromatic carbocycles. The number of thioether (sulfide) groups is 1. The maximum atomic E-state index is 6.15. The Labute approximate surface area is 153 Å². The molecule has 0 radical (unpaired) electrons. The smallest absolute Gasteiger partial charge is 0.196 e. The Balaban J connectivity index is 1.77. The number of aryl methyl sites for hydroxylation is 1. The van der Waals surface area contributed by atoms with Gasteiger partial charge in [-0.3, -0.25) is 4.40 Å². The van der Waals surface area contributed by atoms with Crippen molar-refractivity contribution >= 4 is 51.5 Å². The largest absolute Gasteiger partial charge is 0.270 e. The maximum Gasteiger partial charge on any atom is 0.196 e. The topological polar surface area (TPSA) is 30.2 Å². The van der Waals surface area contributed by atoms with E-state index >= 15 is 0 Å². The summed E-state index contributed by atoms with van der Waals surface area (Å²) in [6.07, 6.45) is 0. The number of halogens is 2. The fraction of sp³-hybridized carbons (Fsp3) is 0.111. The average molecular weight is 374 g/mol. The Morgan fingerprint density at radius 3 is 2.50 bits per heavy atom. The van der Waals surface area contributed by atoms with Crippen LogP contribution < -0.4 is 0 Å². The molecule has 2 heterocycles. The third-order valence-electron chi connectivity index (χ3n) is 3.91. The zero-order chi connectivity index (χ0) is 16.7. The van der Waals surface area contributed by atoms with Gasteiger partial charge in [-0.1, -0.05) is 47.1 Å². The van der Waals surface area contributed by atoms with Crippen LogP contribution in [0.4, 0.5) is 0 Å². The molecule has 0 atom stereocenters. The van der Waals surface area contributed by atoms with Gasteiger partial charge in [0.25, 0.3) is 0 Å². The van der Waals surface area contributed by atoms with Crippen molar-refractivity contribution in [3.63, 3.8) is 0 Å². The van der Waals surface area contributed by atoms with Crippen LogP contribution in [0, 0.1) is 6.92 Å². The summed E-state index contributed by atoms with van der Waals surface area (Å²) in [5.74, 6) is 0.806. The summed E-state index contributed by atoms with van der Waals surface area (Å²) in [6.45, 7) is 2.06. The van der Waals surface area contributed by atoms with Crippen molar-refractivity contribution in [3.05, 3.63) is 69.7 Å². The van der Waals surface area contributed by atoms with Crippen LogP contribution in [0.5, 0.6) is 0 Å². The van der Waals surface area contributed by atoms with Crippen molar-refractivity contribution in [1.29, 1.82) is 0 Å². The molecule has 0 amide bonds. The Morgan fingerprint density at radius 2 is 1.71 bits per heavy atom. The van der Waals surface area contributed by atoms with E-state index in [1.54, 1.807) is 11.8 Å². The van der Waals surface area contributed by atoms with E-state index in [9.17, 15) is 0 Å². The predicted molar refractivity (Wildman–Crippen MR) is 101 cm³/mol. The van der Waals surface area contributed by atoms with Crippen molar-refractivity contribution in [2.75, 3.05) is 0 Å². The minimum absolute atomic E-state index is 0.730. The molecule has 120 valence electrons. The van der Waals surface area contributed by atoms with Crippen molar-refractivity contribution in [3.8, 4) is 0 Å². The van der Waals surface area contributed by atoms with Crippen LogP contribution in [0.15, 0.2) is 53.7 Å². The molecule has 0 fully saturated rings. The number of benzene rings is 2. The second kappa shape index (κ2) is 6.28. The Kier molecular flexibility index (Phi) is 4.12.